The van der Waals surface area contributed by atoms with E-state index >= 15 is 0 Å². The second-order valence-corrected chi connectivity index (χ2v) is 7.20. The molecule has 1 aliphatic carbocycles. The van der Waals surface area contributed by atoms with E-state index in [4.69, 9.17) is 4.74 Å². The van der Waals surface area contributed by atoms with Crippen molar-refractivity contribution in [3.8, 4) is 5.75 Å². The standard InChI is InChI=1S/C18H27NO/c1-18(2)10-7-13(8-11-18)16(19-3)15-6-4-5-14-9-12-20-17(14)15/h4-6,13,16,19H,7-12H2,1-3H3. The van der Waals surface area contributed by atoms with Crippen LogP contribution in [0.3, 0.4) is 0 Å². The van der Waals surface area contributed by atoms with Crippen molar-refractivity contribution in [2.45, 2.75) is 52.0 Å². The lowest BCUT2D eigenvalue weighted by molar-refractivity contribution is 0.163. The van der Waals surface area contributed by atoms with E-state index in [9.17, 15) is 0 Å². The molecule has 0 aromatic heterocycles. The van der Waals surface area contributed by atoms with Crippen LogP contribution in [0.5, 0.6) is 5.75 Å². The highest BCUT2D eigenvalue weighted by molar-refractivity contribution is 5.45. The van der Waals surface area contributed by atoms with Gasteiger partial charge in [0.25, 0.3) is 0 Å². The zero-order valence-electron chi connectivity index (χ0n) is 13.0. The third-order valence-corrected chi connectivity index (χ3v) is 5.25. The number of para-hydroxylation sites is 1. The zero-order valence-corrected chi connectivity index (χ0v) is 13.0. The highest BCUT2D eigenvalue weighted by Crippen LogP contribution is 2.45. The Morgan fingerprint density at radius 3 is 2.70 bits per heavy atom. The molecule has 0 bridgehead atoms. The van der Waals surface area contributed by atoms with Gasteiger partial charge in [-0.1, -0.05) is 32.0 Å². The topological polar surface area (TPSA) is 21.3 Å². The fourth-order valence-corrected chi connectivity index (χ4v) is 3.89. The fraction of sp³-hybridized carbons (Fsp3) is 0.667. The van der Waals surface area contributed by atoms with E-state index in [0.717, 1.165) is 24.7 Å². The van der Waals surface area contributed by atoms with Crippen LogP contribution in [0.4, 0.5) is 0 Å². The highest BCUT2D eigenvalue weighted by atomic mass is 16.5. The number of fused-ring (bicyclic) bond motifs is 1. The van der Waals surface area contributed by atoms with Crippen molar-refractivity contribution in [3.05, 3.63) is 29.3 Å². The first-order chi connectivity index (χ1) is 9.61. The van der Waals surface area contributed by atoms with Crippen molar-refractivity contribution in [1.29, 1.82) is 0 Å². The Hall–Kier alpha value is -1.02. The van der Waals surface area contributed by atoms with Crippen molar-refractivity contribution >= 4 is 0 Å². The lowest BCUT2D eigenvalue weighted by Crippen LogP contribution is -2.31. The third-order valence-electron chi connectivity index (χ3n) is 5.25. The lowest BCUT2D eigenvalue weighted by Gasteiger charge is -2.38. The van der Waals surface area contributed by atoms with Gasteiger partial charge in [0, 0.05) is 18.0 Å². The zero-order chi connectivity index (χ0) is 14.2. The van der Waals surface area contributed by atoms with Gasteiger partial charge in [-0.2, -0.15) is 0 Å². The Bertz CT molecular complexity index is 470. The van der Waals surface area contributed by atoms with Gasteiger partial charge < -0.3 is 10.1 Å². The van der Waals surface area contributed by atoms with Crippen LogP contribution in [0.15, 0.2) is 18.2 Å². The van der Waals surface area contributed by atoms with Gasteiger partial charge in [-0.25, -0.2) is 0 Å². The van der Waals surface area contributed by atoms with Crippen molar-refractivity contribution < 1.29 is 4.74 Å². The molecule has 1 fully saturated rings. The number of ether oxygens (including phenoxy) is 1. The number of hydrogen-bond acceptors (Lipinski definition) is 2. The Morgan fingerprint density at radius 2 is 2.00 bits per heavy atom. The minimum Gasteiger partial charge on any atom is -0.493 e. The Kier molecular flexibility index (Phi) is 3.76. The monoisotopic (exact) mass is 273 g/mol. The van der Waals surface area contributed by atoms with Crippen LogP contribution in [-0.4, -0.2) is 13.7 Å². The second kappa shape index (κ2) is 5.40. The molecule has 1 saturated carbocycles. The largest absolute Gasteiger partial charge is 0.493 e. The molecule has 1 atom stereocenters. The summed E-state index contributed by atoms with van der Waals surface area (Å²) in [5.41, 5.74) is 3.30. The maximum atomic E-state index is 5.90. The van der Waals surface area contributed by atoms with Crippen LogP contribution in [0, 0.1) is 11.3 Å². The SMILES string of the molecule is CNC(c1cccc2c1OCC2)C1CCC(C)(C)CC1. The van der Waals surface area contributed by atoms with E-state index in [2.05, 4.69) is 44.4 Å². The lowest BCUT2D eigenvalue weighted by atomic mass is 9.70. The molecule has 2 nitrogen and oxygen atoms in total. The third kappa shape index (κ3) is 2.58. The first-order valence-corrected chi connectivity index (χ1v) is 8.02. The highest BCUT2D eigenvalue weighted by Gasteiger charge is 2.33. The Balaban J connectivity index is 1.82. The summed E-state index contributed by atoms with van der Waals surface area (Å²) >= 11 is 0. The van der Waals surface area contributed by atoms with Gasteiger partial charge in [-0.05, 0) is 49.6 Å². The molecule has 110 valence electrons. The van der Waals surface area contributed by atoms with Gasteiger partial charge in [0.2, 0.25) is 0 Å². The molecular weight excluding hydrogens is 246 g/mol. The van der Waals surface area contributed by atoms with Crippen molar-refractivity contribution in [3.63, 3.8) is 0 Å². The molecule has 0 saturated heterocycles. The molecule has 20 heavy (non-hydrogen) atoms. The van der Waals surface area contributed by atoms with Gasteiger partial charge in [0.1, 0.15) is 5.75 Å². The minimum atomic E-state index is 0.444. The summed E-state index contributed by atoms with van der Waals surface area (Å²) in [4.78, 5) is 0. The van der Waals surface area contributed by atoms with Crippen LogP contribution in [0.1, 0.15) is 56.7 Å². The van der Waals surface area contributed by atoms with E-state index in [-0.39, 0.29) is 0 Å². The Labute approximate surface area is 122 Å². The van der Waals surface area contributed by atoms with Gasteiger partial charge in [-0.15, -0.1) is 0 Å². The molecule has 2 aliphatic rings. The van der Waals surface area contributed by atoms with Crippen molar-refractivity contribution in [2.24, 2.45) is 11.3 Å². The number of rotatable bonds is 3. The summed E-state index contributed by atoms with van der Waals surface area (Å²) in [7, 11) is 2.10. The van der Waals surface area contributed by atoms with E-state index in [0.29, 0.717) is 11.5 Å². The Morgan fingerprint density at radius 1 is 1.25 bits per heavy atom. The predicted octanol–water partition coefficient (Wildman–Crippen LogP) is 4.10. The average Bonchev–Trinajstić information content (AvgIpc) is 2.90. The van der Waals surface area contributed by atoms with E-state index < -0.39 is 0 Å². The van der Waals surface area contributed by atoms with Crippen LogP contribution >= 0.6 is 0 Å². The number of nitrogens with one attached hydrogen (secondary N) is 1. The van der Waals surface area contributed by atoms with Crippen LogP contribution in [-0.2, 0) is 6.42 Å². The number of benzene rings is 1. The molecule has 0 amide bonds. The maximum absolute atomic E-state index is 5.90. The quantitative estimate of drug-likeness (QED) is 0.895. The van der Waals surface area contributed by atoms with E-state index in [1.54, 1.807) is 0 Å². The smallest absolute Gasteiger partial charge is 0.127 e. The van der Waals surface area contributed by atoms with Gasteiger partial charge in [0.05, 0.1) is 6.61 Å². The van der Waals surface area contributed by atoms with E-state index in [1.165, 1.54) is 36.8 Å². The summed E-state index contributed by atoms with van der Waals surface area (Å²) in [6, 6.07) is 7.10. The number of hydrogen-bond donors (Lipinski definition) is 1. The molecular formula is C18H27NO. The normalized spacial score (nSPS) is 23.1. The molecule has 2 heteroatoms. The molecule has 1 aliphatic heterocycles. The molecule has 1 aromatic carbocycles. The van der Waals surface area contributed by atoms with Gasteiger partial charge >= 0.3 is 0 Å². The minimum absolute atomic E-state index is 0.444. The molecule has 0 radical (unpaired) electrons. The fourth-order valence-electron chi connectivity index (χ4n) is 3.89. The summed E-state index contributed by atoms with van der Waals surface area (Å²) < 4.78 is 5.90. The maximum Gasteiger partial charge on any atom is 0.127 e. The average molecular weight is 273 g/mol. The summed E-state index contributed by atoms with van der Waals surface area (Å²) in [5.74, 6) is 1.90. The molecule has 1 heterocycles. The molecule has 1 N–H and O–H groups in total. The molecule has 1 aromatic rings. The van der Waals surface area contributed by atoms with Crippen LogP contribution in [0.2, 0.25) is 0 Å². The van der Waals surface area contributed by atoms with Gasteiger partial charge in [-0.3, -0.25) is 0 Å². The van der Waals surface area contributed by atoms with Crippen molar-refractivity contribution in [2.75, 3.05) is 13.7 Å². The molecule has 3 rings (SSSR count). The summed E-state index contributed by atoms with van der Waals surface area (Å²) in [6.07, 6.45) is 6.39. The van der Waals surface area contributed by atoms with Crippen LogP contribution < -0.4 is 10.1 Å². The first-order valence-electron chi connectivity index (χ1n) is 8.02. The predicted molar refractivity (Wildman–Crippen MR) is 83.2 cm³/mol. The van der Waals surface area contributed by atoms with Crippen molar-refractivity contribution in [1.82, 2.24) is 5.32 Å². The summed E-state index contributed by atoms with van der Waals surface area (Å²) in [6.45, 7) is 5.66. The van der Waals surface area contributed by atoms with Crippen LogP contribution in [0.25, 0.3) is 0 Å². The molecule has 0 spiro atoms. The first kappa shape index (κ1) is 13.9. The molecule has 1 unspecified atom stereocenters. The second-order valence-electron chi connectivity index (χ2n) is 7.20. The van der Waals surface area contributed by atoms with Gasteiger partial charge in [0.15, 0.2) is 0 Å². The van der Waals surface area contributed by atoms with E-state index in [1.807, 2.05) is 0 Å². The summed E-state index contributed by atoms with van der Waals surface area (Å²) in [5, 5.41) is 3.57.